The first-order chi connectivity index (χ1) is 8.54. The number of aromatic nitrogens is 2. The van der Waals surface area contributed by atoms with E-state index in [1.54, 1.807) is 0 Å². The number of hydrogen-bond donors (Lipinski definition) is 2. The second-order valence-corrected chi connectivity index (χ2v) is 7.63. The minimum atomic E-state index is 0.0442. The first-order valence-electron chi connectivity index (χ1n) is 6.88. The molecule has 2 rings (SSSR count). The minimum Gasteiger partial charge on any atom is -0.407 e. The summed E-state index contributed by atoms with van der Waals surface area (Å²) in [6.45, 7) is 15.9. The van der Waals surface area contributed by atoms with Crippen molar-refractivity contribution < 1.29 is 4.42 Å². The molecular weight excluding hydrogens is 240 g/mol. The second-order valence-electron chi connectivity index (χ2n) is 7.63. The number of nitrogens with one attached hydrogen (secondary N) is 2. The van der Waals surface area contributed by atoms with Crippen LogP contribution in [0.2, 0.25) is 0 Å². The number of rotatable bonds is 4. The van der Waals surface area contributed by atoms with Gasteiger partial charge in [0.1, 0.15) is 0 Å². The van der Waals surface area contributed by atoms with Gasteiger partial charge in [0, 0.05) is 11.6 Å². The molecule has 5 heteroatoms. The zero-order valence-electron chi connectivity index (χ0n) is 13.1. The van der Waals surface area contributed by atoms with Crippen LogP contribution in [-0.4, -0.2) is 21.8 Å². The molecular formula is C14H26N4O. The largest absolute Gasteiger partial charge is 0.407 e. The van der Waals surface area contributed by atoms with Gasteiger partial charge in [0.15, 0.2) is 0 Å². The molecule has 0 unspecified atom stereocenters. The van der Waals surface area contributed by atoms with Crippen LogP contribution in [0.3, 0.4) is 0 Å². The smallest absolute Gasteiger partial charge is 0.315 e. The van der Waals surface area contributed by atoms with Gasteiger partial charge in [-0.3, -0.25) is 0 Å². The molecule has 0 spiro atoms. The van der Waals surface area contributed by atoms with E-state index in [-0.39, 0.29) is 16.4 Å². The van der Waals surface area contributed by atoms with Crippen molar-refractivity contribution in [3.63, 3.8) is 0 Å². The summed E-state index contributed by atoms with van der Waals surface area (Å²) in [5.74, 6) is 0.619. The molecule has 1 saturated carbocycles. The maximum Gasteiger partial charge on any atom is 0.315 e. The molecule has 1 aliphatic rings. The molecule has 1 aromatic rings. The van der Waals surface area contributed by atoms with Gasteiger partial charge in [-0.2, -0.15) is 0 Å². The van der Waals surface area contributed by atoms with E-state index in [0.717, 1.165) is 0 Å². The van der Waals surface area contributed by atoms with Crippen molar-refractivity contribution in [3.8, 4) is 0 Å². The number of hydrogen-bond acceptors (Lipinski definition) is 5. The van der Waals surface area contributed by atoms with Crippen LogP contribution >= 0.6 is 0 Å². The highest BCUT2D eigenvalue weighted by Gasteiger charge is 2.65. The van der Waals surface area contributed by atoms with E-state index in [9.17, 15) is 0 Å². The Bertz CT molecular complexity index is 442. The summed E-state index contributed by atoms with van der Waals surface area (Å²) in [5, 5.41) is 14.8. The van der Waals surface area contributed by atoms with Gasteiger partial charge in [-0.05, 0) is 31.6 Å². The molecule has 0 amide bonds. The molecule has 1 fully saturated rings. The van der Waals surface area contributed by atoms with Crippen LogP contribution in [0, 0.1) is 10.8 Å². The van der Waals surface area contributed by atoms with Crippen molar-refractivity contribution in [2.45, 2.75) is 66.6 Å². The van der Waals surface area contributed by atoms with E-state index >= 15 is 0 Å². The van der Waals surface area contributed by atoms with Crippen molar-refractivity contribution in [3.05, 3.63) is 5.89 Å². The van der Waals surface area contributed by atoms with Crippen LogP contribution in [0.25, 0.3) is 0 Å². The Labute approximate surface area is 115 Å². The monoisotopic (exact) mass is 266 g/mol. The van der Waals surface area contributed by atoms with E-state index < -0.39 is 0 Å². The molecule has 1 aliphatic carbocycles. The average molecular weight is 266 g/mol. The summed E-state index contributed by atoms with van der Waals surface area (Å²) >= 11 is 0. The van der Waals surface area contributed by atoms with Crippen LogP contribution in [0.5, 0.6) is 0 Å². The zero-order chi connectivity index (χ0) is 14.5. The van der Waals surface area contributed by atoms with Crippen molar-refractivity contribution in [2.75, 3.05) is 5.32 Å². The van der Waals surface area contributed by atoms with Gasteiger partial charge in [-0.15, -0.1) is 5.10 Å². The highest BCUT2D eigenvalue weighted by molar-refractivity contribution is 5.33. The van der Waals surface area contributed by atoms with Crippen molar-refractivity contribution in [2.24, 2.45) is 10.8 Å². The van der Waals surface area contributed by atoms with Crippen LogP contribution in [0.4, 0.5) is 6.01 Å². The molecule has 5 nitrogen and oxygen atoms in total. The minimum absolute atomic E-state index is 0.0442. The highest BCUT2D eigenvalue weighted by Crippen LogP contribution is 2.63. The van der Waals surface area contributed by atoms with E-state index in [4.69, 9.17) is 4.42 Å². The fourth-order valence-corrected chi connectivity index (χ4v) is 2.40. The van der Waals surface area contributed by atoms with E-state index in [0.29, 0.717) is 24.5 Å². The summed E-state index contributed by atoms with van der Waals surface area (Å²) in [6.07, 6.45) is 0. The molecule has 1 aromatic heterocycles. The Morgan fingerprint density at radius 1 is 1.11 bits per heavy atom. The molecule has 0 radical (unpaired) electrons. The summed E-state index contributed by atoms with van der Waals surface area (Å²) in [4.78, 5) is 0. The van der Waals surface area contributed by atoms with Crippen LogP contribution < -0.4 is 10.6 Å². The Morgan fingerprint density at radius 2 is 1.68 bits per heavy atom. The summed E-state index contributed by atoms with van der Waals surface area (Å²) in [5.41, 5.74) is 0.555. The SMILES string of the molecule is CC(C)(C)NCc1nnc(NC2C(C)(C)C2(C)C)o1. The summed E-state index contributed by atoms with van der Waals surface area (Å²) in [6, 6.07) is 0.901. The lowest BCUT2D eigenvalue weighted by atomic mass is 10.0. The highest BCUT2D eigenvalue weighted by atomic mass is 16.4. The number of anilines is 1. The van der Waals surface area contributed by atoms with Gasteiger partial charge in [0.2, 0.25) is 5.89 Å². The Hall–Kier alpha value is -1.10. The quantitative estimate of drug-likeness (QED) is 0.877. The molecule has 108 valence electrons. The zero-order valence-corrected chi connectivity index (χ0v) is 13.1. The molecule has 1 heterocycles. The van der Waals surface area contributed by atoms with Gasteiger partial charge >= 0.3 is 6.01 Å². The predicted molar refractivity (Wildman–Crippen MR) is 75.9 cm³/mol. The van der Waals surface area contributed by atoms with Gasteiger partial charge in [0.05, 0.1) is 6.54 Å². The lowest BCUT2D eigenvalue weighted by Crippen LogP contribution is -2.35. The molecule has 0 saturated heterocycles. The molecule has 0 atom stereocenters. The van der Waals surface area contributed by atoms with Gasteiger partial charge in [-0.1, -0.05) is 32.8 Å². The molecule has 19 heavy (non-hydrogen) atoms. The first kappa shape index (κ1) is 14.3. The van der Waals surface area contributed by atoms with Crippen molar-refractivity contribution in [1.29, 1.82) is 0 Å². The maximum absolute atomic E-state index is 5.62. The van der Waals surface area contributed by atoms with Gasteiger partial charge < -0.3 is 15.1 Å². The van der Waals surface area contributed by atoms with Crippen molar-refractivity contribution in [1.82, 2.24) is 15.5 Å². The maximum atomic E-state index is 5.62. The molecule has 2 N–H and O–H groups in total. The molecule has 0 aliphatic heterocycles. The topological polar surface area (TPSA) is 63.0 Å². The van der Waals surface area contributed by atoms with Crippen LogP contribution in [0.1, 0.15) is 54.4 Å². The fourth-order valence-electron chi connectivity index (χ4n) is 2.40. The Kier molecular flexibility index (Phi) is 3.16. The van der Waals surface area contributed by atoms with E-state index in [2.05, 4.69) is 69.3 Å². The second kappa shape index (κ2) is 4.20. The van der Waals surface area contributed by atoms with Gasteiger partial charge in [0.25, 0.3) is 0 Å². The molecule has 0 aromatic carbocycles. The van der Waals surface area contributed by atoms with Crippen LogP contribution in [0.15, 0.2) is 4.42 Å². The Balaban J connectivity index is 1.92. The molecule has 0 bridgehead atoms. The van der Waals surface area contributed by atoms with E-state index in [1.807, 2.05) is 0 Å². The number of nitrogens with zero attached hydrogens (tertiary/aromatic N) is 2. The predicted octanol–water partition coefficient (Wildman–Crippen LogP) is 2.80. The summed E-state index contributed by atoms with van der Waals surface area (Å²) in [7, 11) is 0. The average Bonchev–Trinajstić information content (AvgIpc) is 2.65. The normalized spacial score (nSPS) is 21.4. The standard InChI is InChI=1S/C14H26N4O/c1-12(2,3)15-8-9-17-18-11(19-9)16-10-13(4,5)14(10,6)7/h10,15H,8H2,1-7H3,(H,16,18). The van der Waals surface area contributed by atoms with Crippen LogP contribution in [-0.2, 0) is 6.54 Å². The summed E-state index contributed by atoms with van der Waals surface area (Å²) < 4.78 is 5.62. The third-order valence-electron chi connectivity index (χ3n) is 4.53. The van der Waals surface area contributed by atoms with Gasteiger partial charge in [-0.25, -0.2) is 0 Å². The third-order valence-corrected chi connectivity index (χ3v) is 4.53. The third kappa shape index (κ3) is 2.76. The van der Waals surface area contributed by atoms with E-state index in [1.165, 1.54) is 0 Å². The lowest BCUT2D eigenvalue weighted by Gasteiger charge is -2.18. The lowest BCUT2D eigenvalue weighted by molar-refractivity contribution is 0.383. The van der Waals surface area contributed by atoms with Crippen molar-refractivity contribution >= 4 is 6.01 Å². The first-order valence-corrected chi connectivity index (χ1v) is 6.88. The fraction of sp³-hybridized carbons (Fsp3) is 0.857. The Morgan fingerprint density at radius 3 is 2.16 bits per heavy atom.